The van der Waals surface area contributed by atoms with Gasteiger partial charge in [0.25, 0.3) is 0 Å². The molecule has 2 aromatic rings. The van der Waals surface area contributed by atoms with Crippen LogP contribution in [0.25, 0.3) is 0 Å². The second-order valence-electron chi connectivity index (χ2n) is 6.65. The minimum Gasteiger partial charge on any atom is -0.445 e. The van der Waals surface area contributed by atoms with Crippen LogP contribution >= 0.6 is 15.9 Å². The highest BCUT2D eigenvalue weighted by atomic mass is 79.9. The quantitative estimate of drug-likeness (QED) is 0.413. The maximum Gasteiger partial charge on any atom is 0.407 e. The molecule has 0 bridgehead atoms. The summed E-state index contributed by atoms with van der Waals surface area (Å²) in [5, 5.41) is 14.9. The van der Waals surface area contributed by atoms with E-state index in [1.54, 1.807) is 0 Å². The number of carbonyl (C=O) groups is 3. The van der Waals surface area contributed by atoms with Crippen molar-refractivity contribution in [3.05, 3.63) is 70.2 Å². The fourth-order valence-corrected chi connectivity index (χ4v) is 2.86. The number of carbonyl (C=O) groups excluding carboxylic acids is 3. The molecule has 0 saturated heterocycles. The summed E-state index contributed by atoms with van der Waals surface area (Å²) in [5.74, 6) is -1.23. The molecule has 2 rings (SSSR count). The molecule has 0 spiro atoms. The molecule has 160 valence electrons. The third-order valence-electron chi connectivity index (χ3n) is 4.15. The van der Waals surface area contributed by atoms with Crippen molar-refractivity contribution in [1.82, 2.24) is 10.6 Å². The van der Waals surface area contributed by atoms with Crippen LogP contribution in [-0.4, -0.2) is 41.7 Å². The topological polar surface area (TPSA) is 131 Å². The summed E-state index contributed by atoms with van der Waals surface area (Å²) < 4.78 is 5.92. The molecule has 0 saturated carbocycles. The SMILES string of the molecule is NC(=O)[C@H](Cc1ccc(Br)cc1)NC(=O)C[C@H](O)CNC(=O)OCc1ccccc1. The van der Waals surface area contributed by atoms with Crippen molar-refractivity contribution in [2.75, 3.05) is 6.54 Å². The Kier molecular flexibility index (Phi) is 9.30. The molecule has 0 radical (unpaired) electrons. The van der Waals surface area contributed by atoms with Gasteiger partial charge in [0.15, 0.2) is 0 Å². The summed E-state index contributed by atoms with van der Waals surface area (Å²) in [4.78, 5) is 35.5. The van der Waals surface area contributed by atoms with Gasteiger partial charge in [-0.3, -0.25) is 9.59 Å². The zero-order valence-electron chi connectivity index (χ0n) is 16.2. The highest BCUT2D eigenvalue weighted by Gasteiger charge is 2.20. The number of primary amides is 1. The predicted molar refractivity (Wildman–Crippen MR) is 114 cm³/mol. The minimum atomic E-state index is -1.14. The molecule has 9 heteroatoms. The number of rotatable bonds is 10. The summed E-state index contributed by atoms with van der Waals surface area (Å²) >= 11 is 3.33. The number of nitrogens with one attached hydrogen (secondary N) is 2. The van der Waals surface area contributed by atoms with Gasteiger partial charge in [0.2, 0.25) is 11.8 Å². The summed E-state index contributed by atoms with van der Waals surface area (Å²) in [5.41, 5.74) is 7.03. The smallest absolute Gasteiger partial charge is 0.407 e. The molecule has 0 aliphatic heterocycles. The van der Waals surface area contributed by atoms with Crippen LogP contribution in [0, 0.1) is 0 Å². The second kappa shape index (κ2) is 11.9. The van der Waals surface area contributed by atoms with Gasteiger partial charge in [-0.2, -0.15) is 0 Å². The fraction of sp³-hybridized carbons (Fsp3) is 0.286. The van der Waals surface area contributed by atoms with Crippen LogP contribution in [0.3, 0.4) is 0 Å². The zero-order valence-corrected chi connectivity index (χ0v) is 17.8. The molecule has 5 N–H and O–H groups in total. The van der Waals surface area contributed by atoms with Crippen molar-refractivity contribution in [3.63, 3.8) is 0 Å². The number of aliphatic hydroxyl groups excluding tert-OH is 1. The van der Waals surface area contributed by atoms with Gasteiger partial charge < -0.3 is 26.2 Å². The van der Waals surface area contributed by atoms with Crippen molar-refractivity contribution >= 4 is 33.8 Å². The van der Waals surface area contributed by atoms with Gasteiger partial charge in [0, 0.05) is 17.4 Å². The standard InChI is InChI=1S/C21H24BrN3O5/c22-16-8-6-14(7-9-16)10-18(20(23)28)25-19(27)11-17(26)12-24-21(29)30-13-15-4-2-1-3-5-15/h1-9,17-18,26H,10-13H2,(H2,23,28)(H,24,29)(H,25,27)/t17-,18-/m0/s1. The minimum absolute atomic E-state index is 0.0968. The Bertz CT molecular complexity index is 845. The van der Waals surface area contributed by atoms with Gasteiger partial charge in [-0.05, 0) is 23.3 Å². The number of halogens is 1. The first-order chi connectivity index (χ1) is 14.3. The van der Waals surface area contributed by atoms with Crippen LogP contribution in [0.2, 0.25) is 0 Å². The van der Waals surface area contributed by atoms with Gasteiger partial charge in [-0.25, -0.2) is 4.79 Å². The van der Waals surface area contributed by atoms with E-state index < -0.39 is 30.1 Å². The molecule has 0 fully saturated rings. The first-order valence-electron chi connectivity index (χ1n) is 9.29. The van der Waals surface area contributed by atoms with Crippen molar-refractivity contribution < 1.29 is 24.2 Å². The van der Waals surface area contributed by atoms with Crippen molar-refractivity contribution in [2.24, 2.45) is 5.73 Å². The van der Waals surface area contributed by atoms with Crippen molar-refractivity contribution in [3.8, 4) is 0 Å². The Hall–Kier alpha value is -2.91. The summed E-state index contributed by atoms with van der Waals surface area (Å²) in [6.07, 6.45) is -1.92. The third-order valence-corrected chi connectivity index (χ3v) is 4.68. The average molecular weight is 478 g/mol. The zero-order chi connectivity index (χ0) is 21.9. The van der Waals surface area contributed by atoms with Crippen LogP contribution < -0.4 is 16.4 Å². The molecular formula is C21H24BrN3O5. The van der Waals surface area contributed by atoms with E-state index in [0.717, 1.165) is 15.6 Å². The lowest BCUT2D eigenvalue weighted by Gasteiger charge is -2.17. The van der Waals surface area contributed by atoms with Gasteiger partial charge in [-0.1, -0.05) is 58.4 Å². The van der Waals surface area contributed by atoms with E-state index in [1.165, 1.54) is 0 Å². The highest BCUT2D eigenvalue weighted by Crippen LogP contribution is 2.12. The predicted octanol–water partition coefficient (Wildman–Crippen LogP) is 1.64. The maximum absolute atomic E-state index is 12.1. The van der Waals surface area contributed by atoms with Crippen molar-refractivity contribution in [1.29, 1.82) is 0 Å². The van der Waals surface area contributed by atoms with Crippen LogP contribution in [0.1, 0.15) is 17.5 Å². The lowest BCUT2D eigenvalue weighted by molar-refractivity contribution is -0.128. The Morgan fingerprint density at radius 2 is 1.70 bits per heavy atom. The number of amides is 3. The summed E-state index contributed by atoms with van der Waals surface area (Å²) in [6.45, 7) is -0.0748. The van der Waals surface area contributed by atoms with Crippen LogP contribution in [-0.2, 0) is 27.4 Å². The highest BCUT2D eigenvalue weighted by molar-refractivity contribution is 9.10. The first kappa shape index (κ1) is 23.4. The average Bonchev–Trinajstić information content (AvgIpc) is 2.72. The fourth-order valence-electron chi connectivity index (χ4n) is 2.59. The number of aliphatic hydroxyl groups is 1. The number of nitrogens with two attached hydrogens (primary N) is 1. The van der Waals surface area contributed by atoms with Gasteiger partial charge in [0.05, 0.1) is 12.5 Å². The largest absolute Gasteiger partial charge is 0.445 e. The maximum atomic E-state index is 12.1. The van der Waals surface area contributed by atoms with E-state index in [1.807, 2.05) is 54.6 Å². The summed E-state index contributed by atoms with van der Waals surface area (Å²) in [6, 6.07) is 15.5. The van der Waals surface area contributed by atoms with Gasteiger partial charge in [-0.15, -0.1) is 0 Å². The molecule has 2 aromatic carbocycles. The van der Waals surface area contributed by atoms with E-state index in [4.69, 9.17) is 10.5 Å². The van der Waals surface area contributed by atoms with Gasteiger partial charge in [0.1, 0.15) is 12.6 Å². The van der Waals surface area contributed by atoms with Crippen LogP contribution in [0.4, 0.5) is 4.79 Å². The second-order valence-corrected chi connectivity index (χ2v) is 7.57. The first-order valence-corrected chi connectivity index (χ1v) is 10.1. The summed E-state index contributed by atoms with van der Waals surface area (Å²) in [7, 11) is 0. The third kappa shape index (κ3) is 8.62. The molecule has 3 amide bonds. The van der Waals surface area contributed by atoms with Crippen molar-refractivity contribution in [2.45, 2.75) is 31.6 Å². The van der Waals surface area contributed by atoms with E-state index in [0.29, 0.717) is 0 Å². The van der Waals surface area contributed by atoms with E-state index >= 15 is 0 Å². The Balaban J connectivity index is 1.73. The normalized spacial score (nSPS) is 12.5. The Morgan fingerprint density at radius 1 is 1.03 bits per heavy atom. The Morgan fingerprint density at radius 3 is 2.33 bits per heavy atom. The monoisotopic (exact) mass is 477 g/mol. The number of benzene rings is 2. The van der Waals surface area contributed by atoms with E-state index in [9.17, 15) is 19.5 Å². The van der Waals surface area contributed by atoms with Crippen LogP contribution in [0.5, 0.6) is 0 Å². The van der Waals surface area contributed by atoms with E-state index in [2.05, 4.69) is 26.6 Å². The molecule has 0 aliphatic rings. The lowest BCUT2D eigenvalue weighted by Crippen LogP contribution is -2.47. The molecule has 0 unspecified atom stereocenters. The molecule has 0 aromatic heterocycles. The number of hydrogen-bond acceptors (Lipinski definition) is 5. The molecule has 8 nitrogen and oxygen atoms in total. The number of alkyl carbamates (subject to hydrolysis) is 1. The molecule has 30 heavy (non-hydrogen) atoms. The molecule has 0 heterocycles. The van der Waals surface area contributed by atoms with E-state index in [-0.39, 0.29) is 26.0 Å². The molecular weight excluding hydrogens is 454 g/mol. The number of ether oxygens (including phenoxy) is 1. The molecule has 2 atom stereocenters. The van der Waals surface area contributed by atoms with Gasteiger partial charge >= 0.3 is 6.09 Å². The van der Waals surface area contributed by atoms with Crippen LogP contribution in [0.15, 0.2) is 59.1 Å². The molecule has 0 aliphatic carbocycles. The number of hydrogen-bond donors (Lipinski definition) is 4. The lowest BCUT2D eigenvalue weighted by atomic mass is 10.1. The Labute approximate surface area is 182 Å².